The first kappa shape index (κ1) is 13.8. The molecule has 1 aromatic heterocycles. The SMILES string of the molecule is Cn1ccc(C(=O)N2CCCC23CCCN(C2CC2)C3=O)n1. The van der Waals surface area contributed by atoms with Gasteiger partial charge in [0.1, 0.15) is 11.2 Å². The third kappa shape index (κ3) is 1.96. The molecule has 1 saturated carbocycles. The van der Waals surface area contributed by atoms with Crippen molar-refractivity contribution in [3.05, 3.63) is 18.0 Å². The third-order valence-electron chi connectivity index (χ3n) is 5.30. The van der Waals surface area contributed by atoms with Gasteiger partial charge in [-0.15, -0.1) is 0 Å². The van der Waals surface area contributed by atoms with Gasteiger partial charge in [-0.1, -0.05) is 0 Å². The predicted molar refractivity (Wildman–Crippen MR) is 80.2 cm³/mol. The second kappa shape index (κ2) is 4.83. The second-order valence-electron chi connectivity index (χ2n) is 6.80. The molecule has 0 bridgehead atoms. The van der Waals surface area contributed by atoms with Crippen molar-refractivity contribution < 1.29 is 9.59 Å². The molecule has 22 heavy (non-hydrogen) atoms. The number of aromatic nitrogens is 2. The number of hydrogen-bond acceptors (Lipinski definition) is 3. The average Bonchev–Trinajstić information content (AvgIpc) is 3.12. The molecule has 2 aliphatic heterocycles. The fourth-order valence-electron chi connectivity index (χ4n) is 4.08. The summed E-state index contributed by atoms with van der Waals surface area (Å²) in [6.45, 7) is 1.52. The monoisotopic (exact) mass is 302 g/mol. The van der Waals surface area contributed by atoms with Crippen LogP contribution in [0, 0.1) is 0 Å². The summed E-state index contributed by atoms with van der Waals surface area (Å²) in [5.74, 6) is 0.0899. The number of aryl methyl sites for hydroxylation is 1. The van der Waals surface area contributed by atoms with E-state index in [1.165, 1.54) is 0 Å². The molecular formula is C16H22N4O2. The van der Waals surface area contributed by atoms with E-state index in [0.717, 1.165) is 45.1 Å². The molecule has 0 N–H and O–H groups in total. The van der Waals surface area contributed by atoms with E-state index in [0.29, 0.717) is 18.3 Å². The number of nitrogens with zero attached hydrogens (tertiary/aromatic N) is 4. The minimum absolute atomic E-state index is 0.0934. The second-order valence-corrected chi connectivity index (χ2v) is 6.80. The minimum atomic E-state index is -0.602. The van der Waals surface area contributed by atoms with Crippen LogP contribution < -0.4 is 0 Å². The van der Waals surface area contributed by atoms with Crippen LogP contribution in [0.15, 0.2) is 12.3 Å². The van der Waals surface area contributed by atoms with E-state index in [4.69, 9.17) is 0 Å². The predicted octanol–water partition coefficient (Wildman–Crippen LogP) is 1.18. The fourth-order valence-corrected chi connectivity index (χ4v) is 4.08. The zero-order valence-electron chi connectivity index (χ0n) is 13.0. The summed E-state index contributed by atoms with van der Waals surface area (Å²) >= 11 is 0. The maximum absolute atomic E-state index is 13.1. The molecule has 3 fully saturated rings. The van der Waals surface area contributed by atoms with Gasteiger partial charge in [-0.2, -0.15) is 5.10 Å². The summed E-state index contributed by atoms with van der Waals surface area (Å²) in [5, 5.41) is 4.23. The Balaban J connectivity index is 1.64. The lowest BCUT2D eigenvalue weighted by Crippen LogP contribution is -2.61. The maximum atomic E-state index is 13.1. The Morgan fingerprint density at radius 1 is 1.27 bits per heavy atom. The molecule has 1 atom stereocenters. The van der Waals surface area contributed by atoms with E-state index < -0.39 is 5.54 Å². The van der Waals surface area contributed by atoms with Crippen molar-refractivity contribution >= 4 is 11.8 Å². The molecule has 1 aromatic rings. The van der Waals surface area contributed by atoms with Gasteiger partial charge in [-0.25, -0.2) is 0 Å². The van der Waals surface area contributed by atoms with Gasteiger partial charge in [-0.3, -0.25) is 14.3 Å². The molecule has 3 heterocycles. The quantitative estimate of drug-likeness (QED) is 0.824. The van der Waals surface area contributed by atoms with Crippen molar-refractivity contribution in [1.29, 1.82) is 0 Å². The number of piperidine rings is 1. The van der Waals surface area contributed by atoms with E-state index in [-0.39, 0.29) is 11.8 Å². The molecule has 2 amide bonds. The minimum Gasteiger partial charge on any atom is -0.338 e. The summed E-state index contributed by atoms with van der Waals surface area (Å²) in [6, 6.07) is 2.16. The van der Waals surface area contributed by atoms with E-state index >= 15 is 0 Å². The normalized spacial score (nSPS) is 28.7. The topological polar surface area (TPSA) is 58.4 Å². The molecule has 6 nitrogen and oxygen atoms in total. The van der Waals surface area contributed by atoms with Gasteiger partial charge in [0.05, 0.1) is 0 Å². The van der Waals surface area contributed by atoms with Crippen molar-refractivity contribution in [2.45, 2.75) is 50.1 Å². The van der Waals surface area contributed by atoms with Crippen molar-refractivity contribution in [2.75, 3.05) is 13.1 Å². The standard InChI is InChI=1S/C16H22N4O2/c1-18-11-6-13(17-18)14(21)20-10-3-8-16(20)7-2-9-19(15(16)22)12-4-5-12/h6,11-12H,2-5,7-10H2,1H3. The van der Waals surface area contributed by atoms with Gasteiger partial charge in [0.2, 0.25) is 5.91 Å². The summed E-state index contributed by atoms with van der Waals surface area (Å²) in [6.07, 6.45) is 7.51. The number of carbonyl (C=O) groups is 2. The number of amides is 2. The highest BCUT2D eigenvalue weighted by Gasteiger charge is 2.55. The molecule has 1 aliphatic carbocycles. The first-order chi connectivity index (χ1) is 10.6. The highest BCUT2D eigenvalue weighted by Crippen LogP contribution is 2.42. The van der Waals surface area contributed by atoms with Crippen LogP contribution >= 0.6 is 0 Å². The van der Waals surface area contributed by atoms with Crippen LogP contribution in [0.1, 0.15) is 49.0 Å². The zero-order valence-corrected chi connectivity index (χ0v) is 13.0. The maximum Gasteiger partial charge on any atom is 0.275 e. The van der Waals surface area contributed by atoms with Crippen molar-refractivity contribution in [3.63, 3.8) is 0 Å². The van der Waals surface area contributed by atoms with Crippen LogP contribution in [0.3, 0.4) is 0 Å². The lowest BCUT2D eigenvalue weighted by molar-refractivity contribution is -0.146. The number of likely N-dealkylation sites (tertiary alicyclic amines) is 2. The number of rotatable bonds is 2. The van der Waals surface area contributed by atoms with E-state index in [9.17, 15) is 9.59 Å². The number of hydrogen-bond donors (Lipinski definition) is 0. The Hall–Kier alpha value is -1.85. The number of carbonyl (C=O) groups excluding carboxylic acids is 2. The molecule has 6 heteroatoms. The molecule has 1 spiro atoms. The summed E-state index contributed by atoms with van der Waals surface area (Å²) < 4.78 is 1.63. The lowest BCUT2D eigenvalue weighted by Gasteiger charge is -2.44. The van der Waals surface area contributed by atoms with Crippen molar-refractivity contribution in [3.8, 4) is 0 Å². The Morgan fingerprint density at radius 3 is 2.64 bits per heavy atom. The molecule has 4 rings (SSSR count). The van der Waals surface area contributed by atoms with Crippen molar-refractivity contribution in [2.24, 2.45) is 7.05 Å². The average molecular weight is 302 g/mol. The molecule has 2 saturated heterocycles. The molecule has 0 radical (unpaired) electrons. The lowest BCUT2D eigenvalue weighted by atomic mass is 9.85. The summed E-state index contributed by atoms with van der Waals surface area (Å²) in [7, 11) is 1.80. The molecule has 118 valence electrons. The Bertz CT molecular complexity index is 621. The molecular weight excluding hydrogens is 280 g/mol. The Labute approximate surface area is 130 Å². The van der Waals surface area contributed by atoms with E-state index in [1.807, 2.05) is 9.80 Å². The van der Waals surface area contributed by atoms with Crippen LogP contribution in [-0.2, 0) is 11.8 Å². The van der Waals surface area contributed by atoms with Crippen LogP contribution in [0.25, 0.3) is 0 Å². The van der Waals surface area contributed by atoms with Crippen LogP contribution in [-0.4, -0.2) is 56.1 Å². The van der Waals surface area contributed by atoms with Gasteiger partial charge in [0, 0.05) is 32.4 Å². The Kier molecular flexibility index (Phi) is 3.03. The highest BCUT2D eigenvalue weighted by molar-refractivity contribution is 5.99. The Morgan fingerprint density at radius 2 is 2.00 bits per heavy atom. The first-order valence-corrected chi connectivity index (χ1v) is 8.24. The smallest absolute Gasteiger partial charge is 0.275 e. The van der Waals surface area contributed by atoms with E-state index in [1.54, 1.807) is 24.0 Å². The largest absolute Gasteiger partial charge is 0.338 e. The highest BCUT2D eigenvalue weighted by atomic mass is 16.2. The molecule has 3 aliphatic rings. The van der Waals surface area contributed by atoms with Crippen LogP contribution in [0.2, 0.25) is 0 Å². The fraction of sp³-hybridized carbons (Fsp3) is 0.688. The van der Waals surface area contributed by atoms with Gasteiger partial charge < -0.3 is 9.80 Å². The molecule has 0 aromatic carbocycles. The molecule has 1 unspecified atom stereocenters. The van der Waals surface area contributed by atoms with Gasteiger partial charge in [-0.05, 0) is 44.6 Å². The van der Waals surface area contributed by atoms with E-state index in [2.05, 4.69) is 5.10 Å². The zero-order chi connectivity index (χ0) is 15.3. The van der Waals surface area contributed by atoms with Gasteiger partial charge in [0.15, 0.2) is 0 Å². The van der Waals surface area contributed by atoms with Crippen LogP contribution in [0.4, 0.5) is 0 Å². The van der Waals surface area contributed by atoms with Crippen LogP contribution in [0.5, 0.6) is 0 Å². The van der Waals surface area contributed by atoms with Gasteiger partial charge in [0.25, 0.3) is 5.91 Å². The summed E-state index contributed by atoms with van der Waals surface area (Å²) in [5.41, 5.74) is -0.157. The third-order valence-corrected chi connectivity index (χ3v) is 5.30. The summed E-state index contributed by atoms with van der Waals surface area (Å²) in [4.78, 5) is 29.8. The first-order valence-electron chi connectivity index (χ1n) is 8.24. The van der Waals surface area contributed by atoms with Crippen molar-refractivity contribution in [1.82, 2.24) is 19.6 Å². The van der Waals surface area contributed by atoms with Gasteiger partial charge >= 0.3 is 0 Å².